The number of hydrogen-bond donors (Lipinski definition) is 2. The van der Waals surface area contributed by atoms with E-state index in [2.05, 4.69) is 46.5 Å². The highest BCUT2D eigenvalue weighted by Gasteiger charge is 2.33. The van der Waals surface area contributed by atoms with Crippen LogP contribution in [0, 0.1) is 5.92 Å². The highest BCUT2D eigenvalue weighted by Crippen LogP contribution is 2.23. The van der Waals surface area contributed by atoms with Gasteiger partial charge in [0, 0.05) is 36.6 Å². The molecule has 2 heterocycles. The molecular formula is C32H40N4O3. The van der Waals surface area contributed by atoms with Crippen LogP contribution in [0.25, 0.3) is 22.5 Å². The summed E-state index contributed by atoms with van der Waals surface area (Å²) in [6.07, 6.45) is 12.4. The van der Waals surface area contributed by atoms with E-state index in [1.807, 2.05) is 36.7 Å². The van der Waals surface area contributed by atoms with Crippen molar-refractivity contribution in [3.63, 3.8) is 0 Å². The first-order valence-corrected chi connectivity index (χ1v) is 14.2. The van der Waals surface area contributed by atoms with Crippen molar-refractivity contribution in [3.05, 3.63) is 72.1 Å². The second-order valence-electron chi connectivity index (χ2n) is 10.5. The van der Waals surface area contributed by atoms with E-state index < -0.39 is 17.9 Å². The zero-order chi connectivity index (χ0) is 27.6. The third-order valence-electron chi connectivity index (χ3n) is 7.66. The van der Waals surface area contributed by atoms with E-state index >= 15 is 0 Å². The van der Waals surface area contributed by atoms with E-state index in [-0.39, 0.29) is 12.5 Å². The second-order valence-corrected chi connectivity index (χ2v) is 10.5. The van der Waals surface area contributed by atoms with Crippen LogP contribution in [0.3, 0.4) is 0 Å². The molecule has 1 saturated heterocycles. The number of aliphatic carboxylic acids is 1. The summed E-state index contributed by atoms with van der Waals surface area (Å²) >= 11 is 0. The number of carboxylic acids is 1. The number of benzene rings is 2. The summed E-state index contributed by atoms with van der Waals surface area (Å²) in [6.45, 7) is 3.01. The molecule has 0 unspecified atom stereocenters. The Morgan fingerprint density at radius 1 is 0.923 bits per heavy atom. The molecule has 2 N–H and O–H groups in total. The first-order chi connectivity index (χ1) is 19.0. The van der Waals surface area contributed by atoms with Crippen molar-refractivity contribution < 1.29 is 14.7 Å². The second kappa shape index (κ2) is 14.0. The van der Waals surface area contributed by atoms with Gasteiger partial charge in [0.05, 0.1) is 12.0 Å². The molecule has 7 nitrogen and oxygen atoms in total. The monoisotopic (exact) mass is 528 g/mol. The number of rotatable bonds is 13. The molecule has 1 amide bonds. The Bertz CT molecular complexity index is 1210. The fourth-order valence-electron chi connectivity index (χ4n) is 5.14. The van der Waals surface area contributed by atoms with Gasteiger partial charge in [0.25, 0.3) is 0 Å². The van der Waals surface area contributed by atoms with Crippen molar-refractivity contribution in [1.82, 2.24) is 20.2 Å². The Labute approximate surface area is 231 Å². The standard InChI is InChI=1S/C32H40N4O3/c1-3-4-5-6-7-8-23-9-13-25(14-10-23)28-20-34-30(35-21-28)26-15-11-24(12-16-26)19-29(33-2)31(37)36-18-17-27(22-36)32(38)39/h9-16,20-21,27,29,33H,3-8,17-19,22H2,1-2H3,(H,38,39)/t27-,29-/m0/s1. The van der Waals surface area contributed by atoms with Gasteiger partial charge in [-0.2, -0.15) is 0 Å². The Morgan fingerprint density at radius 3 is 2.18 bits per heavy atom. The lowest BCUT2D eigenvalue weighted by Crippen LogP contribution is -2.45. The van der Waals surface area contributed by atoms with Gasteiger partial charge < -0.3 is 15.3 Å². The third-order valence-corrected chi connectivity index (χ3v) is 7.66. The SMILES string of the molecule is CCCCCCCc1ccc(-c2cnc(-c3ccc(C[C@H](NC)C(=O)N4CC[C@H](C(=O)O)C4)cc3)nc2)cc1. The minimum Gasteiger partial charge on any atom is -0.481 e. The molecule has 2 atom stereocenters. The van der Waals surface area contributed by atoms with Gasteiger partial charge in [-0.15, -0.1) is 0 Å². The summed E-state index contributed by atoms with van der Waals surface area (Å²) in [4.78, 5) is 35.0. The lowest BCUT2D eigenvalue weighted by molar-refractivity contribution is -0.141. The smallest absolute Gasteiger partial charge is 0.308 e. The van der Waals surface area contributed by atoms with Crippen LogP contribution in [0.15, 0.2) is 60.9 Å². The molecule has 39 heavy (non-hydrogen) atoms. The summed E-state index contributed by atoms with van der Waals surface area (Å²) in [7, 11) is 1.76. The Kier molecular flexibility index (Phi) is 10.2. The number of carbonyl (C=O) groups excluding carboxylic acids is 1. The Morgan fingerprint density at radius 2 is 1.56 bits per heavy atom. The molecule has 0 bridgehead atoms. The Balaban J connectivity index is 1.32. The first-order valence-electron chi connectivity index (χ1n) is 14.2. The van der Waals surface area contributed by atoms with Gasteiger partial charge in [0.1, 0.15) is 0 Å². The summed E-state index contributed by atoms with van der Waals surface area (Å²) in [5.74, 6) is -0.698. The van der Waals surface area contributed by atoms with Crippen molar-refractivity contribution in [2.45, 2.75) is 64.3 Å². The maximum absolute atomic E-state index is 12.9. The summed E-state index contributed by atoms with van der Waals surface area (Å²) in [6, 6.07) is 16.3. The number of aryl methyl sites for hydroxylation is 1. The van der Waals surface area contributed by atoms with E-state index in [1.54, 1.807) is 11.9 Å². The van der Waals surface area contributed by atoms with Gasteiger partial charge in [-0.1, -0.05) is 81.1 Å². The lowest BCUT2D eigenvalue weighted by atomic mass is 10.0. The number of unbranched alkanes of at least 4 members (excludes halogenated alkanes) is 4. The van der Waals surface area contributed by atoms with E-state index in [9.17, 15) is 14.7 Å². The number of nitrogens with one attached hydrogen (secondary N) is 1. The number of carboxylic acid groups (broad SMARTS) is 1. The molecular weight excluding hydrogens is 488 g/mol. The fourth-order valence-corrected chi connectivity index (χ4v) is 5.14. The van der Waals surface area contributed by atoms with Crippen LogP contribution in [-0.2, 0) is 22.4 Å². The molecule has 0 spiro atoms. The molecule has 4 rings (SSSR count). The first kappa shape index (κ1) is 28.4. The molecule has 0 saturated carbocycles. The molecule has 0 aliphatic carbocycles. The van der Waals surface area contributed by atoms with Crippen LogP contribution in [-0.4, -0.2) is 58.0 Å². The summed E-state index contributed by atoms with van der Waals surface area (Å²) in [5.41, 5.74) is 5.41. The maximum Gasteiger partial charge on any atom is 0.308 e. The maximum atomic E-state index is 12.9. The number of likely N-dealkylation sites (N-methyl/N-ethyl adjacent to an activating group) is 1. The predicted octanol–water partition coefficient (Wildman–Crippen LogP) is 5.39. The minimum absolute atomic E-state index is 0.0516. The highest BCUT2D eigenvalue weighted by molar-refractivity contribution is 5.83. The molecule has 1 aliphatic rings. The van der Waals surface area contributed by atoms with Crippen molar-refractivity contribution in [3.8, 4) is 22.5 Å². The molecule has 1 aliphatic heterocycles. The number of hydrogen-bond acceptors (Lipinski definition) is 5. The van der Waals surface area contributed by atoms with Crippen LogP contribution in [0.2, 0.25) is 0 Å². The molecule has 1 aromatic heterocycles. The minimum atomic E-state index is -0.835. The fraction of sp³-hybridized carbons (Fsp3) is 0.438. The topological polar surface area (TPSA) is 95.4 Å². The van der Waals surface area contributed by atoms with Crippen LogP contribution in [0.4, 0.5) is 0 Å². The van der Waals surface area contributed by atoms with E-state index in [1.165, 1.54) is 37.7 Å². The van der Waals surface area contributed by atoms with E-state index in [4.69, 9.17) is 0 Å². The van der Waals surface area contributed by atoms with Gasteiger partial charge in [0.15, 0.2) is 5.82 Å². The van der Waals surface area contributed by atoms with E-state index in [0.717, 1.165) is 28.7 Å². The van der Waals surface area contributed by atoms with E-state index in [0.29, 0.717) is 25.2 Å². The summed E-state index contributed by atoms with van der Waals surface area (Å²) in [5, 5.41) is 12.3. The predicted molar refractivity (Wildman–Crippen MR) is 154 cm³/mol. The van der Waals surface area contributed by atoms with Crippen LogP contribution in [0.1, 0.15) is 56.6 Å². The number of nitrogens with zero attached hydrogens (tertiary/aromatic N) is 3. The number of likely N-dealkylation sites (tertiary alicyclic amines) is 1. The van der Waals surface area contributed by atoms with Gasteiger partial charge in [-0.05, 0) is 49.4 Å². The third kappa shape index (κ3) is 7.73. The number of amides is 1. The van der Waals surface area contributed by atoms with Crippen molar-refractivity contribution in [1.29, 1.82) is 0 Å². The average molecular weight is 529 g/mol. The van der Waals surface area contributed by atoms with Gasteiger partial charge in [-0.25, -0.2) is 9.97 Å². The molecule has 2 aromatic carbocycles. The zero-order valence-corrected chi connectivity index (χ0v) is 23.1. The summed E-state index contributed by atoms with van der Waals surface area (Å²) < 4.78 is 0. The normalized spacial score (nSPS) is 15.8. The van der Waals surface area contributed by atoms with Gasteiger partial charge in [-0.3, -0.25) is 9.59 Å². The van der Waals surface area contributed by atoms with Gasteiger partial charge >= 0.3 is 5.97 Å². The lowest BCUT2D eigenvalue weighted by Gasteiger charge is -2.23. The van der Waals surface area contributed by atoms with Crippen molar-refractivity contribution in [2.75, 3.05) is 20.1 Å². The number of aromatic nitrogens is 2. The zero-order valence-electron chi connectivity index (χ0n) is 23.1. The van der Waals surface area contributed by atoms with Crippen LogP contribution in [0.5, 0.6) is 0 Å². The molecule has 3 aromatic rings. The van der Waals surface area contributed by atoms with Crippen LogP contribution < -0.4 is 5.32 Å². The Hall–Kier alpha value is -3.58. The quantitative estimate of drug-likeness (QED) is 0.289. The highest BCUT2D eigenvalue weighted by atomic mass is 16.4. The van der Waals surface area contributed by atoms with Crippen LogP contribution >= 0.6 is 0 Å². The largest absolute Gasteiger partial charge is 0.481 e. The average Bonchev–Trinajstić information content (AvgIpc) is 3.47. The molecule has 206 valence electrons. The van der Waals surface area contributed by atoms with Gasteiger partial charge in [0.2, 0.25) is 5.91 Å². The molecule has 1 fully saturated rings. The van der Waals surface area contributed by atoms with Crippen molar-refractivity contribution >= 4 is 11.9 Å². The van der Waals surface area contributed by atoms with Crippen molar-refractivity contribution in [2.24, 2.45) is 5.92 Å². The molecule has 7 heteroatoms. The molecule has 0 radical (unpaired) electrons. The number of carbonyl (C=O) groups is 2.